The highest BCUT2D eigenvalue weighted by Gasteiger charge is 2.32. The zero-order valence-electron chi connectivity index (χ0n) is 6.68. The fourth-order valence-corrected chi connectivity index (χ4v) is 1.93. The number of sulfone groups is 1. The first-order chi connectivity index (χ1) is 4.15. The van der Waals surface area contributed by atoms with E-state index in [0.717, 1.165) is 6.26 Å². The van der Waals surface area contributed by atoms with Crippen molar-refractivity contribution in [1.82, 2.24) is 0 Å². The molecule has 0 bridgehead atoms. The maximum absolute atomic E-state index is 12.8. The number of hydrogen-bond acceptors (Lipinski definition) is 2. The van der Waals surface area contributed by atoms with E-state index < -0.39 is 20.8 Å². The Bertz CT molecular complexity index is 200. The lowest BCUT2D eigenvalue weighted by molar-refractivity contribution is 0.237. The minimum absolute atomic E-state index is 0.812. The van der Waals surface area contributed by atoms with Gasteiger partial charge in [-0.3, -0.25) is 0 Å². The molecule has 0 aromatic heterocycles. The summed E-state index contributed by atoms with van der Waals surface area (Å²) in [5.41, 5.74) is -2.58. The third-order valence-electron chi connectivity index (χ3n) is 1.06. The first kappa shape index (κ1) is 9.88. The van der Waals surface area contributed by atoms with Gasteiger partial charge in [-0.15, -0.1) is 0 Å². The molecule has 0 aromatic carbocycles. The van der Waals surface area contributed by atoms with E-state index in [4.69, 9.17) is 0 Å². The predicted octanol–water partition coefficient (Wildman–Crippen LogP) is 1.37. The molecule has 0 spiro atoms. The van der Waals surface area contributed by atoms with Gasteiger partial charge in [0.15, 0.2) is 9.84 Å². The number of hydrogen-bond donors (Lipinski definition) is 0. The average molecular weight is 168 g/mol. The molecule has 0 aromatic rings. The lowest BCUT2D eigenvalue weighted by atomic mass is 9.99. The third-order valence-corrected chi connectivity index (χ3v) is 2.52. The van der Waals surface area contributed by atoms with Crippen molar-refractivity contribution in [3.05, 3.63) is 0 Å². The van der Waals surface area contributed by atoms with Crippen LogP contribution in [0, 0.1) is 5.41 Å². The normalized spacial score (nSPS) is 16.9. The van der Waals surface area contributed by atoms with E-state index in [1.807, 2.05) is 0 Å². The minimum Gasteiger partial charge on any atom is -0.229 e. The van der Waals surface area contributed by atoms with Gasteiger partial charge in [0, 0.05) is 11.7 Å². The maximum atomic E-state index is 12.8. The predicted molar refractivity (Wildman–Crippen MR) is 39.2 cm³/mol. The molecule has 0 aliphatic carbocycles. The lowest BCUT2D eigenvalue weighted by Gasteiger charge is -2.21. The van der Waals surface area contributed by atoms with Crippen molar-refractivity contribution in [1.29, 1.82) is 0 Å². The van der Waals surface area contributed by atoms with Crippen molar-refractivity contribution in [3.63, 3.8) is 0 Å². The van der Waals surface area contributed by atoms with Crippen molar-refractivity contribution in [2.45, 2.75) is 26.3 Å². The summed E-state index contributed by atoms with van der Waals surface area (Å²) in [6.45, 7) is 4.66. The van der Waals surface area contributed by atoms with Crippen LogP contribution < -0.4 is 0 Å². The monoisotopic (exact) mass is 168 g/mol. The molecule has 0 amide bonds. The molecule has 0 aliphatic heterocycles. The van der Waals surface area contributed by atoms with Crippen LogP contribution in [-0.2, 0) is 9.84 Å². The van der Waals surface area contributed by atoms with E-state index in [2.05, 4.69) is 0 Å². The van der Waals surface area contributed by atoms with Crippen LogP contribution in [0.2, 0.25) is 0 Å². The summed E-state index contributed by atoms with van der Waals surface area (Å²) in [4.78, 5) is 0. The van der Waals surface area contributed by atoms with Crippen LogP contribution in [0.5, 0.6) is 0 Å². The molecule has 0 fully saturated rings. The van der Waals surface area contributed by atoms with Gasteiger partial charge in [-0.2, -0.15) is 0 Å². The van der Waals surface area contributed by atoms with Gasteiger partial charge < -0.3 is 0 Å². The van der Waals surface area contributed by atoms with Gasteiger partial charge >= 0.3 is 0 Å². The second kappa shape index (κ2) is 2.49. The maximum Gasteiger partial charge on any atom is 0.205 e. The molecule has 62 valence electrons. The quantitative estimate of drug-likeness (QED) is 0.592. The summed E-state index contributed by atoms with van der Waals surface area (Å²) in [5, 5.41) is 0. The van der Waals surface area contributed by atoms with E-state index in [1.54, 1.807) is 20.8 Å². The molecule has 0 heterocycles. The van der Waals surface area contributed by atoms with E-state index in [9.17, 15) is 12.8 Å². The first-order valence-corrected chi connectivity index (χ1v) is 4.94. The molecule has 4 heteroatoms. The molecule has 0 radical (unpaired) electrons. The van der Waals surface area contributed by atoms with Crippen LogP contribution in [0.1, 0.15) is 20.8 Å². The second-order valence-corrected chi connectivity index (χ2v) is 5.58. The Balaban J connectivity index is 4.56. The molecule has 0 rings (SSSR count). The molecular weight excluding hydrogens is 155 g/mol. The molecule has 0 saturated carbocycles. The Labute approximate surface area is 61.4 Å². The van der Waals surface area contributed by atoms with Crippen LogP contribution in [0.15, 0.2) is 0 Å². The number of alkyl halides is 1. The third kappa shape index (κ3) is 2.64. The lowest BCUT2D eigenvalue weighted by Crippen LogP contribution is -2.29. The largest absolute Gasteiger partial charge is 0.229 e. The minimum atomic E-state index is -3.53. The molecule has 0 saturated heterocycles. The average Bonchev–Trinajstić information content (AvgIpc) is 1.59. The highest BCUT2D eigenvalue weighted by molar-refractivity contribution is 7.91. The first-order valence-electron chi connectivity index (χ1n) is 2.98. The van der Waals surface area contributed by atoms with Gasteiger partial charge in [0.25, 0.3) is 0 Å². The zero-order valence-corrected chi connectivity index (χ0v) is 7.50. The zero-order chi connectivity index (χ0) is 8.58. The van der Waals surface area contributed by atoms with Crippen molar-refractivity contribution in [2.24, 2.45) is 5.41 Å². The van der Waals surface area contributed by atoms with Gasteiger partial charge in [0.05, 0.1) is 0 Å². The molecule has 0 aliphatic rings. The van der Waals surface area contributed by atoms with Crippen LogP contribution in [0.3, 0.4) is 0 Å². The van der Waals surface area contributed by atoms with Gasteiger partial charge in [0.1, 0.15) is 0 Å². The van der Waals surface area contributed by atoms with E-state index in [-0.39, 0.29) is 0 Å². The molecule has 1 unspecified atom stereocenters. The molecular formula is C6H13FO2S. The van der Waals surface area contributed by atoms with E-state index in [1.165, 1.54) is 0 Å². The van der Waals surface area contributed by atoms with Crippen LogP contribution in [0.4, 0.5) is 4.39 Å². The summed E-state index contributed by atoms with van der Waals surface area (Å²) in [5.74, 6) is 0. The van der Waals surface area contributed by atoms with Crippen molar-refractivity contribution >= 4 is 9.84 Å². The second-order valence-electron chi connectivity index (χ2n) is 3.51. The highest BCUT2D eigenvalue weighted by Crippen LogP contribution is 2.25. The summed E-state index contributed by atoms with van der Waals surface area (Å²) in [6.07, 6.45) is 0.906. The summed E-state index contributed by atoms with van der Waals surface area (Å²) < 4.78 is 34.0. The van der Waals surface area contributed by atoms with Crippen LogP contribution in [0.25, 0.3) is 0 Å². The van der Waals surface area contributed by atoms with Gasteiger partial charge in [-0.05, 0) is 0 Å². The number of halogens is 1. The number of rotatable bonds is 1. The smallest absolute Gasteiger partial charge is 0.205 e. The fraction of sp³-hybridized carbons (Fsp3) is 1.00. The van der Waals surface area contributed by atoms with Gasteiger partial charge in [-0.25, -0.2) is 12.8 Å². The Kier molecular flexibility index (Phi) is 2.46. The fourth-order valence-electron chi connectivity index (χ4n) is 0.642. The van der Waals surface area contributed by atoms with Crippen LogP contribution in [-0.4, -0.2) is 20.2 Å². The SMILES string of the molecule is CC(C)(C)C(F)S(C)(=O)=O. The van der Waals surface area contributed by atoms with E-state index in [0.29, 0.717) is 0 Å². The van der Waals surface area contributed by atoms with Crippen molar-refractivity contribution < 1.29 is 12.8 Å². The van der Waals surface area contributed by atoms with Crippen LogP contribution >= 0.6 is 0 Å². The standard InChI is InChI=1S/C6H13FO2S/c1-6(2,3)5(7)10(4,8)9/h5H,1-4H3. The topological polar surface area (TPSA) is 34.1 Å². The molecule has 1 atom stereocenters. The Morgan fingerprint density at radius 1 is 1.30 bits per heavy atom. The summed E-state index contributed by atoms with van der Waals surface area (Å²) in [6, 6.07) is 0. The van der Waals surface area contributed by atoms with E-state index >= 15 is 0 Å². The highest BCUT2D eigenvalue weighted by atomic mass is 32.2. The Hall–Kier alpha value is -0.120. The van der Waals surface area contributed by atoms with Gasteiger partial charge in [0.2, 0.25) is 5.50 Å². The summed E-state index contributed by atoms with van der Waals surface area (Å²) in [7, 11) is -3.53. The molecule has 2 nitrogen and oxygen atoms in total. The van der Waals surface area contributed by atoms with Gasteiger partial charge in [-0.1, -0.05) is 20.8 Å². The summed E-state index contributed by atoms with van der Waals surface area (Å²) >= 11 is 0. The van der Waals surface area contributed by atoms with Crippen molar-refractivity contribution in [3.8, 4) is 0 Å². The Morgan fingerprint density at radius 3 is 1.60 bits per heavy atom. The Morgan fingerprint density at radius 2 is 1.60 bits per heavy atom. The molecule has 10 heavy (non-hydrogen) atoms. The molecule has 0 N–H and O–H groups in total. The van der Waals surface area contributed by atoms with Crippen molar-refractivity contribution in [2.75, 3.05) is 6.26 Å².